The van der Waals surface area contributed by atoms with Gasteiger partial charge in [0.05, 0.1) is 11.5 Å². The van der Waals surface area contributed by atoms with Crippen molar-refractivity contribution < 1.29 is 18.0 Å². The fourth-order valence-corrected chi connectivity index (χ4v) is 5.15. The van der Waals surface area contributed by atoms with Crippen molar-refractivity contribution in [1.29, 1.82) is 0 Å². The number of nitrogens with one attached hydrogen (secondary N) is 1. The number of hydrogen-bond acceptors (Lipinski definition) is 4. The van der Waals surface area contributed by atoms with Crippen molar-refractivity contribution in [2.45, 2.75) is 52.5 Å². The highest BCUT2D eigenvalue weighted by Crippen LogP contribution is 2.27. The molecule has 1 fully saturated rings. The van der Waals surface area contributed by atoms with Gasteiger partial charge in [0.25, 0.3) is 0 Å². The van der Waals surface area contributed by atoms with Gasteiger partial charge < -0.3 is 10.2 Å². The fourth-order valence-electron chi connectivity index (χ4n) is 3.42. The molecule has 1 aromatic rings. The molecule has 0 saturated carbocycles. The Morgan fingerprint density at radius 3 is 2.54 bits per heavy atom. The highest BCUT2D eigenvalue weighted by Gasteiger charge is 2.34. The van der Waals surface area contributed by atoms with Crippen LogP contribution in [-0.2, 0) is 19.4 Å². The SMILES string of the molecule is CCN(C(=O)CC(=O)Nc1c(C)cccc1C(C)C)C1CCS(=O)(=O)C1. The third-order valence-electron chi connectivity index (χ3n) is 4.81. The summed E-state index contributed by atoms with van der Waals surface area (Å²) in [4.78, 5) is 26.5. The Morgan fingerprint density at radius 1 is 1.31 bits per heavy atom. The van der Waals surface area contributed by atoms with E-state index in [0.717, 1.165) is 16.8 Å². The molecule has 6 nitrogen and oxygen atoms in total. The number of carbonyl (C=O) groups is 2. The van der Waals surface area contributed by atoms with Gasteiger partial charge in [-0.1, -0.05) is 32.0 Å². The molecule has 1 aromatic carbocycles. The average Bonchev–Trinajstić information content (AvgIpc) is 2.89. The summed E-state index contributed by atoms with van der Waals surface area (Å²) in [6.07, 6.45) is 0.162. The molecule has 1 N–H and O–H groups in total. The molecule has 0 aliphatic carbocycles. The van der Waals surface area contributed by atoms with E-state index in [9.17, 15) is 18.0 Å². The molecular formula is C19H28N2O4S. The summed E-state index contributed by atoms with van der Waals surface area (Å²) in [7, 11) is -3.08. The predicted molar refractivity (Wildman–Crippen MR) is 103 cm³/mol. The van der Waals surface area contributed by atoms with Crippen LogP contribution in [0, 0.1) is 6.92 Å². The van der Waals surface area contributed by atoms with Gasteiger partial charge in [-0.25, -0.2) is 8.42 Å². The van der Waals surface area contributed by atoms with Crippen LogP contribution in [0.1, 0.15) is 50.7 Å². The molecule has 144 valence electrons. The quantitative estimate of drug-likeness (QED) is 0.769. The summed E-state index contributed by atoms with van der Waals surface area (Å²) in [5, 5.41) is 2.87. The van der Waals surface area contributed by atoms with Crippen LogP contribution >= 0.6 is 0 Å². The predicted octanol–water partition coefficient (Wildman–Crippen LogP) is 2.48. The zero-order chi connectivity index (χ0) is 19.5. The maximum absolute atomic E-state index is 12.5. The minimum atomic E-state index is -3.08. The molecule has 26 heavy (non-hydrogen) atoms. The van der Waals surface area contributed by atoms with Crippen molar-refractivity contribution in [1.82, 2.24) is 4.90 Å². The Kier molecular flexibility index (Phi) is 6.44. The van der Waals surface area contributed by atoms with Crippen molar-refractivity contribution in [2.75, 3.05) is 23.4 Å². The van der Waals surface area contributed by atoms with Crippen molar-refractivity contribution in [3.8, 4) is 0 Å². The van der Waals surface area contributed by atoms with Gasteiger partial charge in [0.2, 0.25) is 11.8 Å². The number of nitrogens with zero attached hydrogens (tertiary/aromatic N) is 1. The summed E-state index contributed by atoms with van der Waals surface area (Å²) in [5.41, 5.74) is 2.73. The summed E-state index contributed by atoms with van der Waals surface area (Å²) >= 11 is 0. The Balaban J connectivity index is 2.07. The van der Waals surface area contributed by atoms with E-state index in [4.69, 9.17) is 0 Å². The Morgan fingerprint density at radius 2 is 2.00 bits per heavy atom. The van der Waals surface area contributed by atoms with Gasteiger partial charge >= 0.3 is 0 Å². The number of amides is 2. The van der Waals surface area contributed by atoms with E-state index < -0.39 is 9.84 Å². The number of aryl methyl sites for hydroxylation is 1. The van der Waals surface area contributed by atoms with Crippen LogP contribution in [0.4, 0.5) is 5.69 Å². The number of para-hydroxylation sites is 1. The van der Waals surface area contributed by atoms with Gasteiger partial charge in [-0.15, -0.1) is 0 Å². The number of sulfone groups is 1. The molecular weight excluding hydrogens is 352 g/mol. The third-order valence-corrected chi connectivity index (χ3v) is 6.56. The molecule has 1 heterocycles. The molecule has 0 radical (unpaired) electrons. The lowest BCUT2D eigenvalue weighted by Gasteiger charge is -2.27. The first-order chi connectivity index (χ1) is 12.1. The molecule has 1 unspecified atom stereocenters. The lowest BCUT2D eigenvalue weighted by Crippen LogP contribution is -2.42. The van der Waals surface area contributed by atoms with Crippen molar-refractivity contribution in [3.05, 3.63) is 29.3 Å². The van der Waals surface area contributed by atoms with Gasteiger partial charge in [0, 0.05) is 18.3 Å². The number of rotatable bonds is 6. The van der Waals surface area contributed by atoms with E-state index in [0.29, 0.717) is 13.0 Å². The standard InChI is InChI=1S/C19H28N2O4S/c1-5-21(15-9-10-26(24,25)12-15)18(23)11-17(22)20-19-14(4)7-6-8-16(19)13(2)3/h6-8,13,15H,5,9-12H2,1-4H3,(H,20,22). The summed E-state index contributed by atoms with van der Waals surface area (Å²) in [6, 6.07) is 5.52. The van der Waals surface area contributed by atoms with Crippen molar-refractivity contribution in [2.24, 2.45) is 0 Å². The van der Waals surface area contributed by atoms with Gasteiger partial charge in [-0.3, -0.25) is 9.59 Å². The van der Waals surface area contributed by atoms with Crippen LogP contribution in [0.5, 0.6) is 0 Å². The molecule has 2 rings (SSSR count). The molecule has 0 aromatic heterocycles. The topological polar surface area (TPSA) is 83.6 Å². The smallest absolute Gasteiger partial charge is 0.233 e. The maximum Gasteiger partial charge on any atom is 0.233 e. The highest BCUT2D eigenvalue weighted by atomic mass is 32.2. The number of anilines is 1. The number of benzene rings is 1. The second kappa shape index (κ2) is 8.20. The molecule has 0 bridgehead atoms. The molecule has 1 saturated heterocycles. The molecule has 7 heteroatoms. The van der Waals surface area contributed by atoms with Gasteiger partial charge in [0.15, 0.2) is 9.84 Å². The third kappa shape index (κ3) is 4.84. The zero-order valence-electron chi connectivity index (χ0n) is 15.9. The molecule has 1 aliphatic rings. The fraction of sp³-hybridized carbons (Fsp3) is 0.579. The minimum Gasteiger partial charge on any atom is -0.338 e. The summed E-state index contributed by atoms with van der Waals surface area (Å²) < 4.78 is 23.3. The molecule has 1 aliphatic heterocycles. The van der Waals surface area contributed by atoms with Crippen LogP contribution in [0.2, 0.25) is 0 Å². The maximum atomic E-state index is 12.5. The Hall–Kier alpha value is -1.89. The van der Waals surface area contributed by atoms with Crippen molar-refractivity contribution >= 4 is 27.3 Å². The first-order valence-electron chi connectivity index (χ1n) is 9.04. The van der Waals surface area contributed by atoms with E-state index in [-0.39, 0.29) is 41.7 Å². The molecule has 2 amide bonds. The van der Waals surface area contributed by atoms with Crippen molar-refractivity contribution in [3.63, 3.8) is 0 Å². The zero-order valence-corrected chi connectivity index (χ0v) is 16.7. The Labute approximate surface area is 155 Å². The highest BCUT2D eigenvalue weighted by molar-refractivity contribution is 7.91. The van der Waals surface area contributed by atoms with Crippen LogP contribution in [0.3, 0.4) is 0 Å². The second-order valence-electron chi connectivity index (χ2n) is 7.16. The number of carbonyl (C=O) groups excluding carboxylic acids is 2. The van der Waals surface area contributed by atoms with Gasteiger partial charge in [0.1, 0.15) is 6.42 Å². The van der Waals surface area contributed by atoms with Crippen LogP contribution < -0.4 is 5.32 Å². The largest absolute Gasteiger partial charge is 0.338 e. The van der Waals surface area contributed by atoms with Gasteiger partial charge in [-0.2, -0.15) is 0 Å². The van der Waals surface area contributed by atoms with E-state index in [1.165, 1.54) is 4.90 Å². The first kappa shape index (κ1) is 20.4. The van der Waals surface area contributed by atoms with Crippen LogP contribution in [-0.4, -0.2) is 49.2 Å². The first-order valence-corrected chi connectivity index (χ1v) is 10.9. The minimum absolute atomic E-state index is 0.0104. The van der Waals surface area contributed by atoms with Crippen LogP contribution in [0.25, 0.3) is 0 Å². The monoisotopic (exact) mass is 380 g/mol. The lowest BCUT2D eigenvalue weighted by molar-refractivity contribution is -0.135. The summed E-state index contributed by atoms with van der Waals surface area (Å²) in [6.45, 7) is 8.22. The normalized spacial score (nSPS) is 18.7. The van der Waals surface area contributed by atoms with Gasteiger partial charge in [-0.05, 0) is 37.3 Å². The number of hydrogen-bond donors (Lipinski definition) is 1. The molecule has 1 atom stereocenters. The summed E-state index contributed by atoms with van der Waals surface area (Å²) in [5.74, 6) is -0.355. The van der Waals surface area contributed by atoms with E-state index in [1.807, 2.05) is 25.1 Å². The molecule has 0 spiro atoms. The second-order valence-corrected chi connectivity index (χ2v) is 9.38. The van der Waals surface area contributed by atoms with E-state index in [2.05, 4.69) is 19.2 Å². The van der Waals surface area contributed by atoms with Crippen LogP contribution in [0.15, 0.2) is 18.2 Å². The Bertz CT molecular complexity index is 787. The van der Waals surface area contributed by atoms with E-state index in [1.54, 1.807) is 6.92 Å². The lowest BCUT2D eigenvalue weighted by atomic mass is 9.98. The van der Waals surface area contributed by atoms with E-state index >= 15 is 0 Å². The average molecular weight is 381 g/mol.